The van der Waals surface area contributed by atoms with Gasteiger partial charge in [-0.3, -0.25) is 0 Å². The van der Waals surface area contributed by atoms with Crippen molar-refractivity contribution < 1.29 is 9.84 Å². The Kier molecular flexibility index (Phi) is 4.97. The molecular formula is C14H23NO2. The molecule has 1 rings (SSSR count). The average molecular weight is 237 g/mol. The van der Waals surface area contributed by atoms with E-state index in [1.807, 2.05) is 12.1 Å². The molecule has 0 aliphatic carbocycles. The summed E-state index contributed by atoms with van der Waals surface area (Å²) in [4.78, 5) is 0. The maximum Gasteiger partial charge on any atom is 0.119 e. The van der Waals surface area contributed by atoms with Crippen LogP contribution in [0.15, 0.2) is 24.3 Å². The molecule has 1 unspecified atom stereocenters. The van der Waals surface area contributed by atoms with Crippen molar-refractivity contribution in [1.82, 2.24) is 0 Å². The van der Waals surface area contributed by atoms with Crippen molar-refractivity contribution in [3.05, 3.63) is 29.8 Å². The van der Waals surface area contributed by atoms with Crippen LogP contribution >= 0.6 is 0 Å². The van der Waals surface area contributed by atoms with Gasteiger partial charge in [0.25, 0.3) is 0 Å². The van der Waals surface area contributed by atoms with Gasteiger partial charge in [-0.25, -0.2) is 0 Å². The Hall–Kier alpha value is -1.06. The molecule has 0 saturated carbocycles. The van der Waals surface area contributed by atoms with Crippen LogP contribution < -0.4 is 10.5 Å². The van der Waals surface area contributed by atoms with Gasteiger partial charge >= 0.3 is 0 Å². The molecule has 3 heteroatoms. The van der Waals surface area contributed by atoms with Crippen molar-refractivity contribution in [3.63, 3.8) is 0 Å². The van der Waals surface area contributed by atoms with Gasteiger partial charge < -0.3 is 15.6 Å². The van der Waals surface area contributed by atoms with E-state index in [0.717, 1.165) is 5.75 Å². The molecule has 0 saturated heterocycles. The summed E-state index contributed by atoms with van der Waals surface area (Å²) >= 11 is 0. The van der Waals surface area contributed by atoms with Crippen LogP contribution in [0.4, 0.5) is 0 Å². The average Bonchev–Trinajstić information content (AvgIpc) is 2.28. The van der Waals surface area contributed by atoms with E-state index < -0.39 is 0 Å². The molecule has 0 amide bonds. The minimum Gasteiger partial charge on any atom is -0.494 e. The van der Waals surface area contributed by atoms with Crippen molar-refractivity contribution >= 4 is 0 Å². The molecule has 0 aliphatic rings. The summed E-state index contributed by atoms with van der Waals surface area (Å²) in [5.74, 6) is 0.850. The normalized spacial score (nSPS) is 13.5. The van der Waals surface area contributed by atoms with E-state index in [9.17, 15) is 0 Å². The largest absolute Gasteiger partial charge is 0.494 e. The molecule has 0 radical (unpaired) electrons. The van der Waals surface area contributed by atoms with Crippen LogP contribution in [0, 0.1) is 0 Å². The summed E-state index contributed by atoms with van der Waals surface area (Å²) in [6.07, 6.45) is 0.664. The van der Waals surface area contributed by atoms with Crippen LogP contribution in [0.5, 0.6) is 5.75 Å². The summed E-state index contributed by atoms with van der Waals surface area (Å²) in [5.41, 5.74) is 7.04. The summed E-state index contributed by atoms with van der Waals surface area (Å²) in [6, 6.07) is 7.93. The molecule has 0 spiro atoms. The minimum atomic E-state index is -0.191. The lowest BCUT2D eigenvalue weighted by Gasteiger charge is -2.19. The highest BCUT2D eigenvalue weighted by Gasteiger charge is 2.12. The number of benzene rings is 1. The highest BCUT2D eigenvalue weighted by molar-refractivity contribution is 5.31. The van der Waals surface area contributed by atoms with Crippen LogP contribution in [0.2, 0.25) is 0 Å². The number of hydrogen-bond acceptors (Lipinski definition) is 3. The molecule has 17 heavy (non-hydrogen) atoms. The van der Waals surface area contributed by atoms with Gasteiger partial charge in [0.2, 0.25) is 0 Å². The van der Waals surface area contributed by atoms with Crippen LogP contribution in [0.25, 0.3) is 0 Å². The summed E-state index contributed by atoms with van der Waals surface area (Å²) in [5, 5.41) is 8.78. The molecule has 0 aromatic heterocycles. The van der Waals surface area contributed by atoms with Gasteiger partial charge in [0.05, 0.1) is 13.2 Å². The molecule has 1 aromatic rings. The maximum atomic E-state index is 8.78. The van der Waals surface area contributed by atoms with Gasteiger partial charge in [-0.05, 0) is 29.5 Å². The molecule has 3 nitrogen and oxygen atoms in total. The van der Waals surface area contributed by atoms with Gasteiger partial charge in [0, 0.05) is 6.04 Å². The van der Waals surface area contributed by atoms with E-state index in [4.69, 9.17) is 15.6 Å². The molecule has 0 bridgehead atoms. The number of nitrogens with two attached hydrogens (primary N) is 1. The zero-order valence-corrected chi connectivity index (χ0v) is 10.9. The lowest BCUT2D eigenvalue weighted by Crippen LogP contribution is -2.26. The van der Waals surface area contributed by atoms with Gasteiger partial charge in [0.15, 0.2) is 0 Å². The number of aliphatic hydroxyl groups excluding tert-OH is 1. The fourth-order valence-electron chi connectivity index (χ4n) is 1.47. The third-order valence-corrected chi connectivity index (χ3v) is 2.71. The second-order valence-electron chi connectivity index (χ2n) is 5.35. The monoisotopic (exact) mass is 237 g/mol. The Morgan fingerprint density at radius 2 is 1.82 bits per heavy atom. The summed E-state index contributed by atoms with van der Waals surface area (Å²) < 4.78 is 5.56. The van der Waals surface area contributed by atoms with Crippen molar-refractivity contribution in [3.8, 4) is 5.75 Å². The van der Waals surface area contributed by atoms with Gasteiger partial charge in [-0.2, -0.15) is 0 Å². The van der Waals surface area contributed by atoms with E-state index in [1.165, 1.54) is 5.56 Å². The zero-order chi connectivity index (χ0) is 12.9. The molecule has 96 valence electrons. The van der Waals surface area contributed by atoms with E-state index in [-0.39, 0.29) is 18.1 Å². The molecule has 0 fully saturated rings. The Balaban J connectivity index is 2.46. The van der Waals surface area contributed by atoms with E-state index >= 15 is 0 Å². The first-order valence-electron chi connectivity index (χ1n) is 6.03. The quantitative estimate of drug-likeness (QED) is 0.824. The Morgan fingerprint density at radius 3 is 2.29 bits per heavy atom. The Morgan fingerprint density at radius 1 is 1.24 bits per heavy atom. The maximum absolute atomic E-state index is 8.78. The standard InChI is InChI=1S/C14H23NO2/c1-14(2,3)11-4-6-13(7-5-11)17-9-8-12(15)10-16/h4-7,12,16H,8-10,15H2,1-3H3. The fraction of sp³-hybridized carbons (Fsp3) is 0.571. The number of rotatable bonds is 5. The Bertz CT molecular complexity index is 327. The highest BCUT2D eigenvalue weighted by Crippen LogP contribution is 2.24. The topological polar surface area (TPSA) is 55.5 Å². The number of hydrogen-bond donors (Lipinski definition) is 2. The third-order valence-electron chi connectivity index (χ3n) is 2.71. The van der Waals surface area contributed by atoms with Gasteiger partial charge in [-0.15, -0.1) is 0 Å². The van der Waals surface area contributed by atoms with Crippen LogP contribution in [-0.4, -0.2) is 24.4 Å². The number of ether oxygens (including phenoxy) is 1. The van der Waals surface area contributed by atoms with Crippen molar-refractivity contribution in [2.24, 2.45) is 5.73 Å². The van der Waals surface area contributed by atoms with Crippen molar-refractivity contribution in [2.75, 3.05) is 13.2 Å². The first kappa shape index (κ1) is 14.0. The summed E-state index contributed by atoms with van der Waals surface area (Å²) in [7, 11) is 0. The smallest absolute Gasteiger partial charge is 0.119 e. The second-order valence-corrected chi connectivity index (χ2v) is 5.35. The predicted molar refractivity (Wildman–Crippen MR) is 70.3 cm³/mol. The fourth-order valence-corrected chi connectivity index (χ4v) is 1.47. The third kappa shape index (κ3) is 4.75. The lowest BCUT2D eigenvalue weighted by atomic mass is 9.87. The molecule has 1 atom stereocenters. The van der Waals surface area contributed by atoms with Gasteiger partial charge in [0.1, 0.15) is 5.75 Å². The van der Waals surface area contributed by atoms with E-state index in [1.54, 1.807) is 0 Å². The lowest BCUT2D eigenvalue weighted by molar-refractivity contribution is 0.230. The predicted octanol–water partition coefficient (Wildman–Crippen LogP) is 2.07. The van der Waals surface area contributed by atoms with Crippen LogP contribution in [0.3, 0.4) is 0 Å². The number of aliphatic hydroxyl groups is 1. The molecule has 3 N–H and O–H groups in total. The molecular weight excluding hydrogens is 214 g/mol. The SMILES string of the molecule is CC(C)(C)c1ccc(OCCC(N)CO)cc1. The highest BCUT2D eigenvalue weighted by atomic mass is 16.5. The van der Waals surface area contributed by atoms with Crippen LogP contribution in [0.1, 0.15) is 32.8 Å². The zero-order valence-electron chi connectivity index (χ0n) is 10.9. The van der Waals surface area contributed by atoms with Crippen LogP contribution in [-0.2, 0) is 5.41 Å². The first-order chi connectivity index (χ1) is 7.93. The van der Waals surface area contributed by atoms with E-state index in [0.29, 0.717) is 13.0 Å². The molecule has 1 aromatic carbocycles. The second kappa shape index (κ2) is 6.03. The minimum absolute atomic E-state index is 0.00627. The van der Waals surface area contributed by atoms with E-state index in [2.05, 4.69) is 32.9 Å². The molecule has 0 heterocycles. The summed E-state index contributed by atoms with van der Waals surface area (Å²) in [6.45, 7) is 7.10. The Labute approximate surface area is 104 Å². The van der Waals surface area contributed by atoms with Crippen molar-refractivity contribution in [2.45, 2.75) is 38.6 Å². The molecule has 0 aliphatic heterocycles. The van der Waals surface area contributed by atoms with Gasteiger partial charge in [-0.1, -0.05) is 32.9 Å². The van der Waals surface area contributed by atoms with Crippen molar-refractivity contribution in [1.29, 1.82) is 0 Å². The first-order valence-corrected chi connectivity index (χ1v) is 6.03.